The lowest BCUT2D eigenvalue weighted by Crippen LogP contribution is -2.49. The van der Waals surface area contributed by atoms with Gasteiger partial charge in [-0.1, -0.05) is 24.3 Å². The summed E-state index contributed by atoms with van der Waals surface area (Å²) in [6.45, 7) is 4.62. The van der Waals surface area contributed by atoms with E-state index in [4.69, 9.17) is 0 Å². The number of piperazine rings is 1. The predicted molar refractivity (Wildman–Crippen MR) is 135 cm³/mol. The number of nitrogens with zero attached hydrogens (tertiary/aromatic N) is 4. The van der Waals surface area contributed by atoms with Crippen molar-refractivity contribution in [1.29, 1.82) is 0 Å². The van der Waals surface area contributed by atoms with Crippen LogP contribution in [0, 0.1) is 6.92 Å². The Kier molecular flexibility index (Phi) is 4.91. The number of carbonyl (C=O) groups excluding carboxylic acids is 1. The average Bonchev–Trinajstić information content (AvgIpc) is 3.50. The first-order valence-corrected chi connectivity index (χ1v) is 11.4. The van der Waals surface area contributed by atoms with Crippen molar-refractivity contribution in [2.45, 2.75) is 6.92 Å². The fourth-order valence-electron chi connectivity index (χ4n) is 4.55. The number of amides is 1. The smallest absolute Gasteiger partial charge is 0.270 e. The van der Waals surface area contributed by atoms with Crippen LogP contribution in [0.2, 0.25) is 0 Å². The SMILES string of the molecule is Cc1nc(Nc2ccc3cc[nH]c3c2)cc(N2CCN(C(=O)c3cc4ccccc4[nH]3)CC2)n1. The largest absolute Gasteiger partial charge is 0.361 e. The third-order valence-corrected chi connectivity index (χ3v) is 6.30. The van der Waals surface area contributed by atoms with E-state index in [1.54, 1.807) is 0 Å². The van der Waals surface area contributed by atoms with Crippen molar-refractivity contribution in [2.24, 2.45) is 0 Å². The van der Waals surface area contributed by atoms with E-state index in [1.165, 1.54) is 5.39 Å². The molecule has 1 saturated heterocycles. The minimum atomic E-state index is 0.0387. The first kappa shape index (κ1) is 20.3. The third kappa shape index (κ3) is 3.83. The molecule has 4 heterocycles. The molecule has 1 fully saturated rings. The maximum absolute atomic E-state index is 13.0. The molecule has 3 N–H and O–H groups in total. The predicted octanol–water partition coefficient (Wildman–Crippen LogP) is 4.45. The molecule has 34 heavy (non-hydrogen) atoms. The molecule has 6 rings (SSSR count). The molecule has 1 aliphatic heterocycles. The van der Waals surface area contributed by atoms with Crippen molar-refractivity contribution in [2.75, 3.05) is 36.4 Å². The summed E-state index contributed by atoms with van der Waals surface area (Å²) in [5, 5.41) is 5.62. The number of H-pyrrole nitrogens is 2. The number of benzene rings is 2. The lowest BCUT2D eigenvalue weighted by molar-refractivity contribution is 0.0741. The van der Waals surface area contributed by atoms with Gasteiger partial charge >= 0.3 is 0 Å². The number of anilines is 3. The fraction of sp³-hybridized carbons (Fsp3) is 0.192. The number of aryl methyl sites for hydroxylation is 1. The van der Waals surface area contributed by atoms with Crippen LogP contribution in [0.15, 0.2) is 66.9 Å². The zero-order chi connectivity index (χ0) is 23.1. The van der Waals surface area contributed by atoms with Gasteiger partial charge in [0.05, 0.1) is 0 Å². The maximum Gasteiger partial charge on any atom is 0.270 e. The van der Waals surface area contributed by atoms with Gasteiger partial charge in [-0.3, -0.25) is 4.79 Å². The summed E-state index contributed by atoms with van der Waals surface area (Å²) >= 11 is 0. The van der Waals surface area contributed by atoms with Gasteiger partial charge in [0, 0.05) is 60.5 Å². The molecule has 1 amide bonds. The van der Waals surface area contributed by atoms with Crippen LogP contribution in [-0.4, -0.2) is 56.9 Å². The van der Waals surface area contributed by atoms with Crippen LogP contribution in [0.3, 0.4) is 0 Å². The highest BCUT2D eigenvalue weighted by Crippen LogP contribution is 2.24. The summed E-state index contributed by atoms with van der Waals surface area (Å²) < 4.78 is 0. The Bertz CT molecular complexity index is 1460. The lowest BCUT2D eigenvalue weighted by atomic mass is 10.2. The molecule has 2 aromatic carbocycles. The zero-order valence-corrected chi connectivity index (χ0v) is 18.9. The highest BCUT2D eigenvalue weighted by molar-refractivity contribution is 5.98. The average molecular weight is 452 g/mol. The quantitative estimate of drug-likeness (QED) is 0.375. The van der Waals surface area contributed by atoms with Crippen LogP contribution in [0.4, 0.5) is 17.3 Å². The molecule has 0 bridgehead atoms. The Morgan fingerprint density at radius 3 is 2.62 bits per heavy atom. The van der Waals surface area contributed by atoms with Crippen molar-refractivity contribution >= 4 is 45.0 Å². The number of nitrogens with one attached hydrogen (secondary N) is 3. The number of hydrogen-bond acceptors (Lipinski definition) is 5. The lowest BCUT2D eigenvalue weighted by Gasteiger charge is -2.35. The molecule has 1 aliphatic rings. The van der Waals surface area contributed by atoms with Crippen LogP contribution in [0.5, 0.6) is 0 Å². The first-order chi connectivity index (χ1) is 16.6. The second-order valence-corrected chi connectivity index (χ2v) is 8.61. The van der Waals surface area contributed by atoms with Crippen LogP contribution in [-0.2, 0) is 0 Å². The van der Waals surface area contributed by atoms with E-state index in [9.17, 15) is 4.79 Å². The van der Waals surface area contributed by atoms with Gasteiger partial charge in [-0.25, -0.2) is 9.97 Å². The Morgan fingerprint density at radius 2 is 1.76 bits per heavy atom. The highest BCUT2D eigenvalue weighted by Gasteiger charge is 2.24. The van der Waals surface area contributed by atoms with E-state index in [2.05, 4.69) is 48.4 Å². The van der Waals surface area contributed by atoms with Crippen molar-refractivity contribution in [3.05, 3.63) is 78.4 Å². The minimum absolute atomic E-state index is 0.0387. The molecule has 0 saturated carbocycles. The molecular formula is C26H25N7O. The normalized spacial score (nSPS) is 14.1. The van der Waals surface area contributed by atoms with Crippen molar-refractivity contribution < 1.29 is 4.79 Å². The number of para-hydroxylation sites is 1. The Hall–Kier alpha value is -4.33. The van der Waals surface area contributed by atoms with E-state index >= 15 is 0 Å². The van der Waals surface area contributed by atoms with Gasteiger partial charge in [-0.2, -0.15) is 0 Å². The number of fused-ring (bicyclic) bond motifs is 2. The second-order valence-electron chi connectivity index (χ2n) is 8.61. The van der Waals surface area contributed by atoms with Crippen molar-refractivity contribution in [3.63, 3.8) is 0 Å². The molecular weight excluding hydrogens is 426 g/mol. The van der Waals surface area contributed by atoms with Crippen LogP contribution >= 0.6 is 0 Å². The summed E-state index contributed by atoms with van der Waals surface area (Å²) in [5.74, 6) is 2.37. The second kappa shape index (κ2) is 8.22. The summed E-state index contributed by atoms with van der Waals surface area (Å²) in [6, 6.07) is 20.1. The number of carbonyl (C=O) groups is 1. The van der Waals surface area contributed by atoms with Gasteiger partial charge in [-0.05, 0) is 42.6 Å². The Morgan fingerprint density at radius 1 is 0.912 bits per heavy atom. The summed E-state index contributed by atoms with van der Waals surface area (Å²) in [6.07, 6.45) is 1.93. The topological polar surface area (TPSA) is 92.9 Å². The van der Waals surface area contributed by atoms with Crippen molar-refractivity contribution in [1.82, 2.24) is 24.8 Å². The molecule has 0 unspecified atom stereocenters. The van der Waals surface area contributed by atoms with Crippen molar-refractivity contribution in [3.8, 4) is 0 Å². The molecule has 5 aromatic rings. The van der Waals surface area contributed by atoms with Gasteiger partial charge in [0.25, 0.3) is 5.91 Å². The third-order valence-electron chi connectivity index (χ3n) is 6.30. The number of rotatable bonds is 4. The molecule has 0 radical (unpaired) electrons. The van der Waals surface area contributed by atoms with Crippen LogP contribution in [0.1, 0.15) is 16.3 Å². The number of aromatic nitrogens is 4. The van der Waals surface area contributed by atoms with Gasteiger partial charge in [0.2, 0.25) is 0 Å². The zero-order valence-electron chi connectivity index (χ0n) is 18.9. The molecule has 0 spiro atoms. The maximum atomic E-state index is 13.0. The van der Waals surface area contributed by atoms with Gasteiger partial charge < -0.3 is 25.1 Å². The standard InChI is InChI=1S/C26H25N7O/c1-17-28-24(30-20-7-6-18-8-9-27-22(18)15-20)16-25(29-17)32-10-12-33(13-11-32)26(34)23-14-19-4-2-3-5-21(19)31-23/h2-9,14-16,27,31H,10-13H2,1H3,(H,28,29,30). The summed E-state index contributed by atoms with van der Waals surface area (Å²) in [4.78, 5) is 32.9. The molecule has 0 aliphatic carbocycles. The van der Waals surface area contributed by atoms with E-state index in [1.807, 2.05) is 60.5 Å². The van der Waals surface area contributed by atoms with Crippen LogP contribution < -0.4 is 10.2 Å². The Balaban J connectivity index is 1.15. The highest BCUT2D eigenvalue weighted by atomic mass is 16.2. The summed E-state index contributed by atoms with van der Waals surface area (Å²) in [5.41, 5.74) is 3.66. The molecule has 0 atom stereocenters. The van der Waals surface area contributed by atoms with E-state index in [0.717, 1.165) is 46.8 Å². The van der Waals surface area contributed by atoms with E-state index < -0.39 is 0 Å². The molecule has 8 nitrogen and oxygen atoms in total. The monoisotopic (exact) mass is 451 g/mol. The number of aromatic amines is 2. The van der Waals surface area contributed by atoms with E-state index in [-0.39, 0.29) is 5.91 Å². The molecule has 3 aromatic heterocycles. The number of hydrogen-bond donors (Lipinski definition) is 3. The van der Waals surface area contributed by atoms with Crippen LogP contribution in [0.25, 0.3) is 21.8 Å². The first-order valence-electron chi connectivity index (χ1n) is 11.4. The van der Waals surface area contributed by atoms with Gasteiger partial charge in [-0.15, -0.1) is 0 Å². The fourth-order valence-corrected chi connectivity index (χ4v) is 4.55. The Labute approximate surface area is 196 Å². The van der Waals surface area contributed by atoms with Gasteiger partial charge in [0.1, 0.15) is 23.2 Å². The van der Waals surface area contributed by atoms with Gasteiger partial charge in [0.15, 0.2) is 0 Å². The molecule has 8 heteroatoms. The molecule has 170 valence electrons. The summed E-state index contributed by atoms with van der Waals surface area (Å²) in [7, 11) is 0. The minimum Gasteiger partial charge on any atom is -0.361 e. The van der Waals surface area contributed by atoms with E-state index in [0.29, 0.717) is 24.6 Å².